The monoisotopic (exact) mass is 429 g/mol. The van der Waals surface area contributed by atoms with Crippen molar-refractivity contribution in [1.82, 2.24) is 14.9 Å². The van der Waals surface area contributed by atoms with Crippen LogP contribution < -0.4 is 0 Å². The summed E-state index contributed by atoms with van der Waals surface area (Å²) in [6, 6.07) is 19.1. The van der Waals surface area contributed by atoms with Crippen LogP contribution in [0.25, 0.3) is 21.3 Å². The van der Waals surface area contributed by atoms with Crippen LogP contribution in [0.2, 0.25) is 0 Å². The van der Waals surface area contributed by atoms with Gasteiger partial charge in [-0.2, -0.15) is 0 Å². The number of hydrogen-bond donors (Lipinski definition) is 1. The first kappa shape index (κ1) is 20.2. The highest BCUT2D eigenvalue weighted by Crippen LogP contribution is 2.35. The molecule has 1 N–H and O–H groups in total. The number of carbonyl (C=O) groups is 1. The fraction of sp³-hybridized carbons (Fsp3) is 0.308. The van der Waals surface area contributed by atoms with Crippen LogP contribution in [0, 0.1) is 0 Å². The molecule has 5 heteroatoms. The summed E-state index contributed by atoms with van der Waals surface area (Å²) in [5, 5.41) is 2.33. The molecule has 0 spiro atoms. The molecule has 2 aromatic heterocycles. The van der Waals surface area contributed by atoms with Crippen LogP contribution in [0.15, 0.2) is 60.8 Å². The van der Waals surface area contributed by atoms with E-state index in [0.29, 0.717) is 24.1 Å². The Morgan fingerprint density at radius 3 is 2.68 bits per heavy atom. The molecule has 1 aliphatic heterocycles. The topological polar surface area (TPSA) is 49.0 Å². The number of Topliss-reactive ketones (excluding diaryl/α,β-unsaturated/α-hetero) is 1. The molecule has 5 rings (SSSR count). The number of aromatic nitrogens is 2. The third kappa shape index (κ3) is 4.21. The van der Waals surface area contributed by atoms with E-state index in [2.05, 4.69) is 53.0 Å². The van der Waals surface area contributed by atoms with Crippen LogP contribution in [-0.4, -0.2) is 39.8 Å². The van der Waals surface area contributed by atoms with Crippen molar-refractivity contribution in [2.75, 3.05) is 13.1 Å². The average molecular weight is 430 g/mol. The Morgan fingerprint density at radius 1 is 1.16 bits per heavy atom. The smallest absolute Gasteiger partial charge is 0.179 e. The van der Waals surface area contributed by atoms with Gasteiger partial charge in [0.15, 0.2) is 5.78 Å². The van der Waals surface area contributed by atoms with Gasteiger partial charge in [-0.1, -0.05) is 42.5 Å². The molecule has 31 heavy (non-hydrogen) atoms. The molecule has 1 saturated heterocycles. The van der Waals surface area contributed by atoms with E-state index in [1.807, 2.05) is 47.9 Å². The second-order valence-electron chi connectivity index (χ2n) is 8.70. The predicted molar refractivity (Wildman–Crippen MR) is 128 cm³/mol. The maximum atomic E-state index is 12.6. The molecule has 0 saturated carbocycles. The molecular formula is C26H27N3OS. The predicted octanol–water partition coefficient (Wildman–Crippen LogP) is 5.91. The van der Waals surface area contributed by atoms with Gasteiger partial charge < -0.3 is 4.98 Å². The lowest BCUT2D eigenvalue weighted by Crippen LogP contribution is -2.48. The van der Waals surface area contributed by atoms with Crippen molar-refractivity contribution in [3.63, 3.8) is 0 Å². The van der Waals surface area contributed by atoms with E-state index in [1.54, 1.807) is 0 Å². The summed E-state index contributed by atoms with van der Waals surface area (Å²) >= 11 is 1.81. The lowest BCUT2D eigenvalue weighted by Gasteiger charge is -2.41. The minimum Gasteiger partial charge on any atom is -0.352 e. The number of H-pyrrole nitrogens is 1. The zero-order valence-corrected chi connectivity index (χ0v) is 18.8. The van der Waals surface area contributed by atoms with Crippen LogP contribution in [0.1, 0.15) is 47.2 Å². The molecule has 2 aromatic carbocycles. The van der Waals surface area contributed by atoms with Crippen LogP contribution in [0.4, 0.5) is 0 Å². The number of ketones is 1. The Labute approximate surface area is 186 Å². The van der Waals surface area contributed by atoms with E-state index in [4.69, 9.17) is 0 Å². The molecule has 0 amide bonds. The van der Waals surface area contributed by atoms with Gasteiger partial charge in [0.05, 0.1) is 15.6 Å². The lowest BCUT2D eigenvalue weighted by atomic mass is 9.99. The van der Waals surface area contributed by atoms with Crippen molar-refractivity contribution < 1.29 is 4.79 Å². The standard InChI is InChI=1S/C26H27N3OS/c1-17(2)29-15-21(16-29)26-27-14-25(31-26)19-10-7-18(8-11-19)9-12-24(30)23-13-20-5-3-4-6-22(20)28-23/h3-8,10-11,13-14,17,21,28H,9,12,15-16H2,1-2H3. The van der Waals surface area contributed by atoms with Crippen LogP contribution in [-0.2, 0) is 6.42 Å². The van der Waals surface area contributed by atoms with Gasteiger partial charge in [-0.15, -0.1) is 11.3 Å². The lowest BCUT2D eigenvalue weighted by molar-refractivity contribution is 0.0979. The molecule has 4 aromatic rings. The van der Waals surface area contributed by atoms with E-state index >= 15 is 0 Å². The third-order valence-electron chi connectivity index (χ3n) is 6.22. The Bertz CT molecular complexity index is 1170. The number of likely N-dealkylation sites (tertiary alicyclic amines) is 1. The summed E-state index contributed by atoms with van der Waals surface area (Å²) in [6.07, 6.45) is 3.26. The molecule has 1 aliphatic rings. The third-order valence-corrected chi connectivity index (χ3v) is 7.43. The number of nitrogens with zero attached hydrogens (tertiary/aromatic N) is 2. The number of para-hydroxylation sites is 1. The summed E-state index contributed by atoms with van der Waals surface area (Å²) < 4.78 is 0. The van der Waals surface area contributed by atoms with Crippen molar-refractivity contribution in [2.24, 2.45) is 0 Å². The number of fused-ring (bicyclic) bond motifs is 1. The molecule has 0 atom stereocenters. The highest BCUT2D eigenvalue weighted by atomic mass is 32.1. The minimum absolute atomic E-state index is 0.156. The molecule has 1 fully saturated rings. The van der Waals surface area contributed by atoms with Crippen LogP contribution in [0.5, 0.6) is 0 Å². The van der Waals surface area contributed by atoms with Gasteiger partial charge in [0.25, 0.3) is 0 Å². The maximum absolute atomic E-state index is 12.6. The van der Waals surface area contributed by atoms with Crippen molar-refractivity contribution in [3.8, 4) is 10.4 Å². The summed E-state index contributed by atoms with van der Waals surface area (Å²) in [6.45, 7) is 6.74. The van der Waals surface area contributed by atoms with Crippen molar-refractivity contribution in [1.29, 1.82) is 0 Å². The minimum atomic E-state index is 0.156. The van der Waals surface area contributed by atoms with Crippen molar-refractivity contribution in [3.05, 3.63) is 77.1 Å². The number of carbonyl (C=O) groups excluding carboxylic acids is 1. The van der Waals surface area contributed by atoms with Crippen molar-refractivity contribution >= 4 is 28.0 Å². The van der Waals surface area contributed by atoms with Gasteiger partial charge in [0, 0.05) is 48.6 Å². The number of benzene rings is 2. The zero-order chi connectivity index (χ0) is 21.4. The molecule has 0 bridgehead atoms. The quantitative estimate of drug-likeness (QED) is 0.371. The van der Waals surface area contributed by atoms with Gasteiger partial charge >= 0.3 is 0 Å². The summed E-state index contributed by atoms with van der Waals surface area (Å²) in [4.78, 5) is 24.2. The molecule has 0 unspecified atom stereocenters. The van der Waals surface area contributed by atoms with E-state index in [9.17, 15) is 4.79 Å². The average Bonchev–Trinajstić information content (AvgIpc) is 3.38. The summed E-state index contributed by atoms with van der Waals surface area (Å²) in [5.41, 5.74) is 4.10. The number of rotatable bonds is 7. The Morgan fingerprint density at radius 2 is 1.94 bits per heavy atom. The molecule has 0 radical (unpaired) electrons. The Balaban J connectivity index is 1.19. The van der Waals surface area contributed by atoms with Gasteiger partial charge in [-0.3, -0.25) is 9.69 Å². The van der Waals surface area contributed by atoms with E-state index in [0.717, 1.165) is 30.4 Å². The SMILES string of the molecule is CC(C)N1CC(c2ncc(-c3ccc(CCC(=O)c4cc5ccccc5[nH]4)cc3)s2)C1. The summed E-state index contributed by atoms with van der Waals surface area (Å²) in [5.74, 6) is 0.736. The van der Waals surface area contributed by atoms with Gasteiger partial charge in [0.1, 0.15) is 0 Å². The van der Waals surface area contributed by atoms with Gasteiger partial charge in [-0.25, -0.2) is 4.98 Å². The van der Waals surface area contributed by atoms with E-state index < -0.39 is 0 Å². The van der Waals surface area contributed by atoms with Gasteiger partial charge in [-0.05, 0) is 43.5 Å². The number of nitrogens with one attached hydrogen (secondary N) is 1. The van der Waals surface area contributed by atoms with E-state index in [-0.39, 0.29) is 5.78 Å². The highest BCUT2D eigenvalue weighted by molar-refractivity contribution is 7.15. The molecular weight excluding hydrogens is 402 g/mol. The largest absolute Gasteiger partial charge is 0.352 e. The summed E-state index contributed by atoms with van der Waals surface area (Å²) in [7, 11) is 0. The van der Waals surface area contributed by atoms with Gasteiger partial charge in [0.2, 0.25) is 0 Å². The first-order chi connectivity index (χ1) is 15.1. The highest BCUT2D eigenvalue weighted by Gasteiger charge is 2.31. The Kier molecular flexibility index (Phi) is 5.47. The first-order valence-corrected chi connectivity index (χ1v) is 11.8. The number of aryl methyl sites for hydroxylation is 1. The van der Waals surface area contributed by atoms with Crippen LogP contribution in [0.3, 0.4) is 0 Å². The zero-order valence-electron chi connectivity index (χ0n) is 18.0. The fourth-order valence-corrected chi connectivity index (χ4v) is 5.16. The first-order valence-electron chi connectivity index (χ1n) is 11.0. The Hall–Kier alpha value is -2.76. The number of aromatic amines is 1. The number of hydrogen-bond acceptors (Lipinski definition) is 4. The maximum Gasteiger partial charge on any atom is 0.179 e. The molecule has 3 heterocycles. The molecule has 0 aliphatic carbocycles. The second kappa shape index (κ2) is 8.40. The van der Waals surface area contributed by atoms with E-state index in [1.165, 1.54) is 21.0 Å². The number of thiazole rings is 1. The second-order valence-corrected chi connectivity index (χ2v) is 9.76. The molecule has 158 valence electrons. The fourth-order valence-electron chi connectivity index (χ4n) is 4.15. The van der Waals surface area contributed by atoms with Crippen molar-refractivity contribution in [2.45, 2.75) is 38.6 Å². The normalized spacial score (nSPS) is 14.9. The van der Waals surface area contributed by atoms with Crippen LogP contribution >= 0.6 is 11.3 Å². The molecule has 4 nitrogen and oxygen atoms in total.